The number of hydrogen-bond acceptors (Lipinski definition) is 5. The Hall–Kier alpha value is -2.22. The lowest BCUT2D eigenvalue weighted by Gasteiger charge is -2.31. The molecule has 0 bridgehead atoms. The summed E-state index contributed by atoms with van der Waals surface area (Å²) in [7, 11) is 0. The van der Waals surface area contributed by atoms with Crippen molar-refractivity contribution >= 4 is 27.9 Å². The SMILES string of the molecule is CCOC(=O)C1=C(C(C)C)NC(=O)NC1c1cc(Br)c(O)c(OCC)c1. The van der Waals surface area contributed by atoms with Crippen LogP contribution < -0.4 is 15.4 Å². The van der Waals surface area contributed by atoms with E-state index in [0.29, 0.717) is 27.9 Å². The maximum Gasteiger partial charge on any atom is 0.338 e. The van der Waals surface area contributed by atoms with Crippen LogP contribution in [0, 0.1) is 5.92 Å². The number of aromatic hydroxyl groups is 1. The molecule has 1 atom stereocenters. The first-order chi connectivity index (χ1) is 12.3. The molecule has 2 amide bonds. The van der Waals surface area contributed by atoms with Crippen molar-refractivity contribution in [3.05, 3.63) is 33.4 Å². The lowest BCUT2D eigenvalue weighted by molar-refractivity contribution is -0.139. The number of urea groups is 1. The maximum absolute atomic E-state index is 12.6. The number of benzene rings is 1. The largest absolute Gasteiger partial charge is 0.503 e. The van der Waals surface area contributed by atoms with E-state index in [1.54, 1.807) is 26.0 Å². The highest BCUT2D eigenvalue weighted by molar-refractivity contribution is 9.10. The second-order valence-corrected chi connectivity index (χ2v) is 6.87. The molecule has 1 aliphatic rings. The predicted molar refractivity (Wildman–Crippen MR) is 99.9 cm³/mol. The predicted octanol–water partition coefficient (Wildman–Crippen LogP) is 3.38. The maximum atomic E-state index is 12.6. The van der Waals surface area contributed by atoms with Crippen molar-refractivity contribution in [3.63, 3.8) is 0 Å². The third-order valence-corrected chi connectivity index (χ3v) is 4.46. The van der Waals surface area contributed by atoms with E-state index in [-0.39, 0.29) is 24.0 Å². The zero-order valence-electron chi connectivity index (χ0n) is 15.2. The number of amides is 2. The van der Waals surface area contributed by atoms with Crippen molar-refractivity contribution in [1.82, 2.24) is 10.6 Å². The fraction of sp³-hybridized carbons (Fsp3) is 0.444. The summed E-state index contributed by atoms with van der Waals surface area (Å²) < 4.78 is 11.1. The van der Waals surface area contributed by atoms with Gasteiger partial charge in [-0.1, -0.05) is 13.8 Å². The normalized spacial score (nSPS) is 17.0. The first-order valence-electron chi connectivity index (χ1n) is 8.43. The van der Waals surface area contributed by atoms with Crippen LogP contribution in [0.1, 0.15) is 39.3 Å². The lowest BCUT2D eigenvalue weighted by Crippen LogP contribution is -2.47. The zero-order valence-corrected chi connectivity index (χ0v) is 16.8. The summed E-state index contributed by atoms with van der Waals surface area (Å²) in [5, 5.41) is 15.6. The van der Waals surface area contributed by atoms with E-state index in [2.05, 4.69) is 26.6 Å². The van der Waals surface area contributed by atoms with Crippen LogP contribution in [0.5, 0.6) is 11.5 Å². The summed E-state index contributed by atoms with van der Waals surface area (Å²) in [4.78, 5) is 24.8. The minimum absolute atomic E-state index is 0.0402. The van der Waals surface area contributed by atoms with Gasteiger partial charge in [0.15, 0.2) is 11.5 Å². The fourth-order valence-corrected chi connectivity index (χ4v) is 3.21. The average Bonchev–Trinajstić information content (AvgIpc) is 2.58. The standard InChI is InChI=1S/C18H23BrN2O5/c1-5-25-12-8-10(7-11(19)16(12)22)15-13(17(23)26-6-2)14(9(3)4)20-18(24)21-15/h7-9,15,22H,5-6H2,1-4H3,(H2,20,21,24). The molecular formula is C18H23BrN2O5. The fourth-order valence-electron chi connectivity index (χ4n) is 2.75. The van der Waals surface area contributed by atoms with Gasteiger partial charge >= 0.3 is 12.0 Å². The van der Waals surface area contributed by atoms with Gasteiger partial charge < -0.3 is 25.2 Å². The van der Waals surface area contributed by atoms with Crippen LogP contribution in [0.4, 0.5) is 4.79 Å². The minimum atomic E-state index is -0.726. The monoisotopic (exact) mass is 426 g/mol. The van der Waals surface area contributed by atoms with Crippen molar-refractivity contribution in [1.29, 1.82) is 0 Å². The van der Waals surface area contributed by atoms with Gasteiger partial charge in [0, 0.05) is 5.70 Å². The van der Waals surface area contributed by atoms with Crippen molar-refractivity contribution < 1.29 is 24.2 Å². The molecule has 1 aromatic carbocycles. The molecule has 7 nitrogen and oxygen atoms in total. The molecule has 0 saturated carbocycles. The highest BCUT2D eigenvalue weighted by Gasteiger charge is 2.35. The molecule has 1 aromatic rings. The Morgan fingerprint density at radius 1 is 1.31 bits per heavy atom. The van der Waals surface area contributed by atoms with Crippen LogP contribution in [0.25, 0.3) is 0 Å². The summed E-state index contributed by atoms with van der Waals surface area (Å²) in [5.41, 5.74) is 1.44. The molecule has 0 radical (unpaired) electrons. The zero-order chi connectivity index (χ0) is 19.4. The summed E-state index contributed by atoms with van der Waals surface area (Å²) in [6.07, 6.45) is 0. The molecule has 2 rings (SSSR count). The molecule has 0 aromatic heterocycles. The van der Waals surface area contributed by atoms with E-state index in [1.807, 2.05) is 13.8 Å². The van der Waals surface area contributed by atoms with E-state index < -0.39 is 18.0 Å². The van der Waals surface area contributed by atoms with Gasteiger partial charge in [-0.05, 0) is 53.4 Å². The smallest absolute Gasteiger partial charge is 0.338 e. The van der Waals surface area contributed by atoms with E-state index in [0.717, 1.165) is 0 Å². The molecule has 0 spiro atoms. The number of phenolic OH excluding ortho intramolecular Hbond substituents is 1. The quantitative estimate of drug-likeness (QED) is 0.605. The van der Waals surface area contributed by atoms with Crippen molar-refractivity contribution in [2.24, 2.45) is 5.92 Å². The molecule has 1 aliphatic heterocycles. The van der Waals surface area contributed by atoms with Crippen LogP contribution in [-0.2, 0) is 9.53 Å². The van der Waals surface area contributed by atoms with Gasteiger partial charge in [-0.3, -0.25) is 0 Å². The van der Waals surface area contributed by atoms with Crippen LogP contribution in [0.2, 0.25) is 0 Å². The van der Waals surface area contributed by atoms with Crippen LogP contribution in [0.3, 0.4) is 0 Å². The molecular weight excluding hydrogens is 404 g/mol. The highest BCUT2D eigenvalue weighted by atomic mass is 79.9. The Morgan fingerprint density at radius 2 is 2.00 bits per heavy atom. The molecule has 1 heterocycles. The van der Waals surface area contributed by atoms with E-state index in [1.165, 1.54) is 0 Å². The van der Waals surface area contributed by atoms with Crippen molar-refractivity contribution in [3.8, 4) is 11.5 Å². The van der Waals surface area contributed by atoms with Crippen LogP contribution in [0.15, 0.2) is 27.9 Å². The van der Waals surface area contributed by atoms with Crippen LogP contribution >= 0.6 is 15.9 Å². The number of esters is 1. The molecule has 26 heavy (non-hydrogen) atoms. The third-order valence-electron chi connectivity index (χ3n) is 3.86. The molecule has 0 aliphatic carbocycles. The Balaban J connectivity index is 2.62. The number of halogens is 1. The Labute approximate surface area is 160 Å². The number of nitrogens with one attached hydrogen (secondary N) is 2. The minimum Gasteiger partial charge on any atom is -0.503 e. The Bertz CT molecular complexity index is 745. The highest BCUT2D eigenvalue weighted by Crippen LogP contribution is 2.40. The van der Waals surface area contributed by atoms with Gasteiger partial charge in [0.05, 0.1) is 29.3 Å². The summed E-state index contributed by atoms with van der Waals surface area (Å²) in [6.45, 7) is 7.87. The number of carbonyl (C=O) groups excluding carboxylic acids is 2. The second-order valence-electron chi connectivity index (χ2n) is 6.02. The summed E-state index contributed by atoms with van der Waals surface area (Å²) in [5.74, 6) is -0.369. The Morgan fingerprint density at radius 3 is 2.58 bits per heavy atom. The molecule has 8 heteroatoms. The lowest BCUT2D eigenvalue weighted by atomic mass is 9.91. The first kappa shape index (κ1) is 20.1. The van der Waals surface area contributed by atoms with Gasteiger partial charge in [0.25, 0.3) is 0 Å². The summed E-state index contributed by atoms with van der Waals surface area (Å²) >= 11 is 3.29. The van der Waals surface area contributed by atoms with E-state index >= 15 is 0 Å². The van der Waals surface area contributed by atoms with Gasteiger partial charge in [-0.25, -0.2) is 9.59 Å². The van der Waals surface area contributed by atoms with E-state index in [9.17, 15) is 14.7 Å². The molecule has 1 unspecified atom stereocenters. The third kappa shape index (κ3) is 4.12. The summed E-state index contributed by atoms with van der Waals surface area (Å²) in [6, 6.07) is 2.12. The second kappa shape index (κ2) is 8.44. The number of rotatable bonds is 6. The number of phenols is 1. The van der Waals surface area contributed by atoms with Crippen molar-refractivity contribution in [2.75, 3.05) is 13.2 Å². The van der Waals surface area contributed by atoms with Crippen molar-refractivity contribution in [2.45, 2.75) is 33.7 Å². The molecule has 0 fully saturated rings. The van der Waals surface area contributed by atoms with Gasteiger partial charge in [0.1, 0.15) is 0 Å². The average molecular weight is 427 g/mol. The van der Waals surface area contributed by atoms with Crippen LogP contribution in [-0.4, -0.2) is 30.3 Å². The van der Waals surface area contributed by atoms with E-state index in [4.69, 9.17) is 9.47 Å². The first-order valence-corrected chi connectivity index (χ1v) is 9.23. The molecule has 0 saturated heterocycles. The number of carbonyl (C=O) groups is 2. The van der Waals surface area contributed by atoms with Gasteiger partial charge in [-0.15, -0.1) is 0 Å². The molecule has 142 valence electrons. The number of ether oxygens (including phenoxy) is 2. The topological polar surface area (TPSA) is 96.9 Å². The Kier molecular flexibility index (Phi) is 6.52. The van der Waals surface area contributed by atoms with Gasteiger partial charge in [0.2, 0.25) is 0 Å². The van der Waals surface area contributed by atoms with Gasteiger partial charge in [-0.2, -0.15) is 0 Å². The number of allylic oxidation sites excluding steroid dienone is 1. The number of hydrogen-bond donors (Lipinski definition) is 3. The molecule has 3 N–H and O–H groups in total.